The van der Waals surface area contributed by atoms with E-state index in [0.717, 1.165) is 67.6 Å². The van der Waals surface area contributed by atoms with Crippen LogP contribution in [0.15, 0.2) is 58.9 Å². The minimum atomic E-state index is 0.818. The number of hydrogen-bond donors (Lipinski definition) is 0. The third-order valence-electron chi connectivity index (χ3n) is 5.48. The summed E-state index contributed by atoms with van der Waals surface area (Å²) in [7, 11) is 1.71. The number of morpholine rings is 1. The van der Waals surface area contributed by atoms with Crippen LogP contribution < -0.4 is 9.54 Å². The van der Waals surface area contributed by atoms with Crippen molar-refractivity contribution in [2.24, 2.45) is 4.99 Å². The summed E-state index contributed by atoms with van der Waals surface area (Å²) in [6, 6.07) is 16.8. The quantitative estimate of drug-likeness (QED) is 0.567. The fourth-order valence-electron chi connectivity index (χ4n) is 3.63. The minimum absolute atomic E-state index is 0.818. The van der Waals surface area contributed by atoms with Gasteiger partial charge in [-0.3, -0.25) is 4.90 Å². The molecule has 4 rings (SSSR count). The van der Waals surface area contributed by atoms with Gasteiger partial charge in [0.15, 0.2) is 4.80 Å². The van der Waals surface area contributed by atoms with E-state index in [1.807, 2.05) is 12.1 Å². The van der Waals surface area contributed by atoms with Crippen LogP contribution in [0.4, 0.5) is 5.69 Å². The predicted octanol–water partition coefficient (Wildman–Crippen LogP) is 4.35. The normalized spacial score (nSPS) is 15.5. The molecule has 5 nitrogen and oxygen atoms in total. The highest BCUT2D eigenvalue weighted by Crippen LogP contribution is 2.25. The lowest BCUT2D eigenvalue weighted by molar-refractivity contribution is 0.0363. The van der Waals surface area contributed by atoms with Crippen molar-refractivity contribution in [3.8, 4) is 17.0 Å². The highest BCUT2D eigenvalue weighted by Gasteiger charge is 2.13. The van der Waals surface area contributed by atoms with Crippen LogP contribution in [0.1, 0.15) is 12.5 Å². The van der Waals surface area contributed by atoms with Crippen LogP contribution in [-0.4, -0.2) is 49.4 Å². The van der Waals surface area contributed by atoms with Crippen molar-refractivity contribution in [3.63, 3.8) is 0 Å². The maximum atomic E-state index is 5.50. The van der Waals surface area contributed by atoms with Gasteiger partial charge in [0.1, 0.15) is 5.75 Å². The summed E-state index contributed by atoms with van der Waals surface area (Å²) >= 11 is 1.69. The first-order valence-corrected chi connectivity index (χ1v) is 11.4. The molecule has 0 radical (unpaired) electrons. The molecule has 0 aliphatic carbocycles. The standard InChI is InChI=1S/C24H29N3O2S/c1-3-19-7-9-21(10-8-19)25-24-27(12-11-26-13-15-29-16-14-26)23(18-30-24)20-5-4-6-22(17-20)28-2/h4-10,17-18H,3,11-16H2,1-2H3. The molecule has 158 valence electrons. The van der Waals surface area contributed by atoms with Gasteiger partial charge in [0, 0.05) is 37.1 Å². The van der Waals surface area contributed by atoms with E-state index in [1.54, 1.807) is 18.4 Å². The fourth-order valence-corrected chi connectivity index (χ4v) is 4.59. The van der Waals surface area contributed by atoms with Gasteiger partial charge in [-0.2, -0.15) is 0 Å². The number of ether oxygens (including phenoxy) is 2. The SMILES string of the molecule is CCc1ccc(N=c2scc(-c3cccc(OC)c3)n2CCN2CCOCC2)cc1. The van der Waals surface area contributed by atoms with Gasteiger partial charge in [0.2, 0.25) is 0 Å². The zero-order valence-corrected chi connectivity index (χ0v) is 18.5. The van der Waals surface area contributed by atoms with Crippen molar-refractivity contribution >= 4 is 17.0 Å². The molecule has 0 bridgehead atoms. The molecule has 1 aliphatic heterocycles. The van der Waals surface area contributed by atoms with Gasteiger partial charge in [-0.15, -0.1) is 11.3 Å². The Morgan fingerprint density at radius 3 is 2.60 bits per heavy atom. The highest BCUT2D eigenvalue weighted by molar-refractivity contribution is 7.07. The van der Waals surface area contributed by atoms with E-state index in [2.05, 4.69) is 58.2 Å². The minimum Gasteiger partial charge on any atom is -0.497 e. The molecule has 3 aromatic rings. The van der Waals surface area contributed by atoms with Crippen LogP contribution in [0.25, 0.3) is 11.3 Å². The molecule has 0 N–H and O–H groups in total. The first kappa shape index (κ1) is 20.8. The van der Waals surface area contributed by atoms with Crippen LogP contribution in [-0.2, 0) is 17.7 Å². The second-order valence-electron chi connectivity index (χ2n) is 7.37. The first-order chi connectivity index (χ1) is 14.8. The second kappa shape index (κ2) is 10.1. The number of thiazole rings is 1. The van der Waals surface area contributed by atoms with Gasteiger partial charge in [-0.1, -0.05) is 31.2 Å². The molecule has 2 aromatic carbocycles. The maximum absolute atomic E-state index is 5.50. The zero-order valence-electron chi connectivity index (χ0n) is 17.7. The third kappa shape index (κ3) is 5.01. The summed E-state index contributed by atoms with van der Waals surface area (Å²) in [4.78, 5) is 8.46. The van der Waals surface area contributed by atoms with E-state index in [4.69, 9.17) is 14.5 Å². The van der Waals surface area contributed by atoms with Crippen LogP contribution in [0.2, 0.25) is 0 Å². The van der Waals surface area contributed by atoms with E-state index in [0.29, 0.717) is 0 Å². The van der Waals surface area contributed by atoms with E-state index in [1.165, 1.54) is 11.3 Å². The van der Waals surface area contributed by atoms with E-state index in [-0.39, 0.29) is 0 Å². The van der Waals surface area contributed by atoms with Crippen LogP contribution in [0.5, 0.6) is 5.75 Å². The van der Waals surface area contributed by atoms with Gasteiger partial charge >= 0.3 is 0 Å². The molecule has 0 spiro atoms. The van der Waals surface area contributed by atoms with Crippen LogP contribution >= 0.6 is 11.3 Å². The number of rotatable bonds is 7. The van der Waals surface area contributed by atoms with E-state index >= 15 is 0 Å². The molecule has 6 heteroatoms. The molecular formula is C24H29N3O2S. The lowest BCUT2D eigenvalue weighted by atomic mass is 10.1. The Morgan fingerprint density at radius 2 is 1.87 bits per heavy atom. The molecule has 0 amide bonds. The summed E-state index contributed by atoms with van der Waals surface area (Å²) in [5, 5.41) is 2.20. The van der Waals surface area contributed by atoms with Gasteiger partial charge in [-0.25, -0.2) is 4.99 Å². The molecule has 0 saturated carbocycles. The summed E-state index contributed by atoms with van der Waals surface area (Å²) in [5.74, 6) is 0.868. The Bertz CT molecular complexity index is 1020. The summed E-state index contributed by atoms with van der Waals surface area (Å²) in [6.07, 6.45) is 1.04. The summed E-state index contributed by atoms with van der Waals surface area (Å²) < 4.78 is 13.3. The first-order valence-electron chi connectivity index (χ1n) is 10.5. The molecule has 2 heterocycles. The van der Waals surface area contributed by atoms with Crippen molar-refractivity contribution in [2.45, 2.75) is 19.9 Å². The fraction of sp³-hybridized carbons (Fsp3) is 0.375. The molecule has 1 aromatic heterocycles. The number of methoxy groups -OCH3 is 1. The largest absolute Gasteiger partial charge is 0.497 e. The van der Waals surface area contributed by atoms with E-state index < -0.39 is 0 Å². The Morgan fingerprint density at radius 1 is 1.07 bits per heavy atom. The zero-order chi connectivity index (χ0) is 20.8. The van der Waals surface area contributed by atoms with Crippen molar-refractivity contribution in [1.29, 1.82) is 0 Å². The van der Waals surface area contributed by atoms with Crippen LogP contribution in [0.3, 0.4) is 0 Å². The smallest absolute Gasteiger partial charge is 0.190 e. The number of benzene rings is 2. The van der Waals surface area contributed by atoms with E-state index in [9.17, 15) is 0 Å². The van der Waals surface area contributed by atoms with Gasteiger partial charge in [-0.05, 0) is 36.2 Å². The number of aryl methyl sites for hydroxylation is 1. The molecule has 0 unspecified atom stereocenters. The predicted molar refractivity (Wildman–Crippen MR) is 123 cm³/mol. The van der Waals surface area contributed by atoms with Crippen molar-refractivity contribution in [1.82, 2.24) is 9.47 Å². The Balaban J connectivity index is 1.69. The van der Waals surface area contributed by atoms with Crippen molar-refractivity contribution in [3.05, 3.63) is 64.3 Å². The average Bonchev–Trinajstić information content (AvgIpc) is 3.21. The number of aromatic nitrogens is 1. The monoisotopic (exact) mass is 423 g/mol. The topological polar surface area (TPSA) is 39.0 Å². The lowest BCUT2D eigenvalue weighted by Crippen LogP contribution is -2.39. The number of hydrogen-bond acceptors (Lipinski definition) is 5. The number of nitrogens with zero attached hydrogens (tertiary/aromatic N) is 3. The second-order valence-corrected chi connectivity index (χ2v) is 8.21. The molecule has 1 saturated heterocycles. The lowest BCUT2D eigenvalue weighted by Gasteiger charge is -2.26. The Kier molecular flexibility index (Phi) is 7.00. The molecule has 30 heavy (non-hydrogen) atoms. The van der Waals surface area contributed by atoms with Crippen molar-refractivity contribution < 1.29 is 9.47 Å². The van der Waals surface area contributed by atoms with Crippen LogP contribution in [0, 0.1) is 0 Å². The molecule has 1 aliphatic rings. The average molecular weight is 424 g/mol. The van der Waals surface area contributed by atoms with Crippen molar-refractivity contribution in [2.75, 3.05) is 40.0 Å². The van der Waals surface area contributed by atoms with Gasteiger partial charge < -0.3 is 14.0 Å². The summed E-state index contributed by atoms with van der Waals surface area (Å²) in [5.41, 5.74) is 4.65. The molecule has 1 fully saturated rings. The molecule has 0 atom stereocenters. The van der Waals surface area contributed by atoms with Gasteiger partial charge in [0.25, 0.3) is 0 Å². The Labute approximate surface area is 182 Å². The Hall–Kier alpha value is -2.41. The maximum Gasteiger partial charge on any atom is 0.190 e. The van der Waals surface area contributed by atoms with Gasteiger partial charge in [0.05, 0.1) is 31.7 Å². The third-order valence-corrected chi connectivity index (χ3v) is 6.34. The highest BCUT2D eigenvalue weighted by atomic mass is 32.1. The molecular weight excluding hydrogens is 394 g/mol. The summed E-state index contributed by atoms with van der Waals surface area (Å²) in [6.45, 7) is 7.66.